The van der Waals surface area contributed by atoms with E-state index >= 15 is 0 Å². The first kappa shape index (κ1) is 26.1. The van der Waals surface area contributed by atoms with Crippen LogP contribution >= 0.6 is 11.6 Å². The number of rotatable bonds is 7. The van der Waals surface area contributed by atoms with E-state index in [4.69, 9.17) is 16.3 Å². The number of aromatic nitrogens is 4. The topological polar surface area (TPSA) is 91.0 Å². The SMILES string of the molecule is CCn1c(CF)nn(-c2nc(O[C@@H](C)C(F)(F)F)c(C(=O)Nc3c(F)cccc3Cl)cc2F)c1=O. The number of anilines is 1. The maximum absolute atomic E-state index is 15.0. The number of carbonyl (C=O) groups excluding carboxylic acids is 1. The molecular formula is C20H16ClF6N5O3. The van der Waals surface area contributed by atoms with Gasteiger partial charge >= 0.3 is 11.9 Å². The van der Waals surface area contributed by atoms with E-state index in [2.05, 4.69) is 10.1 Å². The molecule has 0 saturated heterocycles. The molecule has 0 aliphatic rings. The van der Waals surface area contributed by atoms with Gasteiger partial charge in [0.05, 0.1) is 10.7 Å². The Morgan fingerprint density at radius 2 is 1.94 bits per heavy atom. The zero-order chi connectivity index (χ0) is 26.1. The molecule has 0 unspecified atom stereocenters. The monoisotopic (exact) mass is 523 g/mol. The van der Waals surface area contributed by atoms with Crippen LogP contribution in [0.25, 0.3) is 5.82 Å². The highest BCUT2D eigenvalue weighted by Gasteiger charge is 2.39. The number of ether oxygens (including phenoxy) is 1. The lowest BCUT2D eigenvalue weighted by Crippen LogP contribution is -2.33. The Hall–Kier alpha value is -3.55. The Labute approximate surface area is 198 Å². The molecule has 3 aromatic rings. The molecule has 1 atom stereocenters. The molecule has 2 aromatic heterocycles. The molecule has 2 heterocycles. The van der Waals surface area contributed by atoms with E-state index in [1.54, 1.807) is 0 Å². The van der Waals surface area contributed by atoms with Crippen LogP contribution in [0.15, 0.2) is 29.1 Å². The van der Waals surface area contributed by atoms with Crippen molar-refractivity contribution in [1.82, 2.24) is 19.3 Å². The summed E-state index contributed by atoms with van der Waals surface area (Å²) in [5, 5.41) is 5.39. The van der Waals surface area contributed by atoms with E-state index in [1.165, 1.54) is 19.1 Å². The highest BCUT2D eigenvalue weighted by atomic mass is 35.5. The number of alkyl halides is 4. The van der Waals surface area contributed by atoms with E-state index in [1.807, 2.05) is 5.32 Å². The maximum Gasteiger partial charge on any atom is 0.425 e. The van der Waals surface area contributed by atoms with E-state index in [9.17, 15) is 35.9 Å². The second-order valence-electron chi connectivity index (χ2n) is 6.99. The van der Waals surface area contributed by atoms with Gasteiger partial charge in [0, 0.05) is 6.54 Å². The van der Waals surface area contributed by atoms with E-state index < -0.39 is 65.1 Å². The summed E-state index contributed by atoms with van der Waals surface area (Å²) in [6.45, 7) is 0.838. The minimum Gasteiger partial charge on any atom is -0.464 e. The van der Waals surface area contributed by atoms with Gasteiger partial charge in [-0.25, -0.2) is 18.0 Å². The van der Waals surface area contributed by atoms with Crippen molar-refractivity contribution in [3.63, 3.8) is 0 Å². The standard InChI is InChI=1S/C20H16ClF6N5O3/c1-3-31-14(8-22)30-32(19(31)34)16-13(24)7-10(18(29-16)35-9(2)20(25,26)27)17(33)28-15-11(21)5-4-6-12(15)23/h4-7,9H,3,8H2,1-2H3,(H,28,33)/t9-/m0/s1. The molecule has 8 nitrogen and oxygen atoms in total. The average Bonchev–Trinajstić information content (AvgIpc) is 3.11. The van der Waals surface area contributed by atoms with Crippen LogP contribution < -0.4 is 15.7 Å². The molecule has 0 aliphatic heterocycles. The number of para-hydroxylation sites is 1. The smallest absolute Gasteiger partial charge is 0.425 e. The van der Waals surface area contributed by atoms with Gasteiger partial charge in [0.25, 0.3) is 5.91 Å². The normalized spacial score (nSPS) is 12.5. The van der Waals surface area contributed by atoms with Crippen LogP contribution in [0.2, 0.25) is 5.02 Å². The van der Waals surface area contributed by atoms with Gasteiger partial charge < -0.3 is 10.1 Å². The number of hydrogen-bond acceptors (Lipinski definition) is 5. The number of hydrogen-bond donors (Lipinski definition) is 1. The molecule has 188 valence electrons. The summed E-state index contributed by atoms with van der Waals surface area (Å²) in [6, 6.07) is 3.84. The number of carbonyl (C=O) groups is 1. The van der Waals surface area contributed by atoms with Crippen molar-refractivity contribution >= 4 is 23.2 Å². The molecule has 1 N–H and O–H groups in total. The van der Waals surface area contributed by atoms with Gasteiger partial charge in [-0.15, -0.1) is 5.10 Å². The van der Waals surface area contributed by atoms with E-state index in [0.717, 1.165) is 10.6 Å². The summed E-state index contributed by atoms with van der Waals surface area (Å²) in [5.74, 6) is -6.04. The van der Waals surface area contributed by atoms with Gasteiger partial charge in [-0.2, -0.15) is 22.8 Å². The van der Waals surface area contributed by atoms with Gasteiger partial charge in [0.2, 0.25) is 5.88 Å². The molecule has 0 aliphatic carbocycles. The molecule has 1 aromatic carbocycles. The van der Waals surface area contributed by atoms with Gasteiger partial charge in [-0.05, 0) is 32.0 Å². The molecule has 15 heteroatoms. The summed E-state index contributed by atoms with van der Waals surface area (Å²) in [7, 11) is 0. The van der Waals surface area contributed by atoms with Crippen LogP contribution in [0.5, 0.6) is 5.88 Å². The van der Waals surface area contributed by atoms with Crippen LogP contribution in [0.1, 0.15) is 30.0 Å². The van der Waals surface area contributed by atoms with Crippen LogP contribution in [0.4, 0.5) is 32.0 Å². The third-order valence-electron chi connectivity index (χ3n) is 4.69. The zero-order valence-electron chi connectivity index (χ0n) is 18.0. The fraction of sp³-hybridized carbons (Fsp3) is 0.300. The lowest BCUT2D eigenvalue weighted by Gasteiger charge is -2.19. The zero-order valence-corrected chi connectivity index (χ0v) is 18.7. The second-order valence-corrected chi connectivity index (χ2v) is 7.39. The second kappa shape index (κ2) is 9.98. The van der Waals surface area contributed by atoms with Crippen molar-refractivity contribution in [1.29, 1.82) is 0 Å². The van der Waals surface area contributed by atoms with Crippen molar-refractivity contribution in [2.45, 2.75) is 39.3 Å². The van der Waals surface area contributed by atoms with E-state index in [-0.39, 0.29) is 17.4 Å². The molecule has 0 saturated carbocycles. The number of halogens is 7. The third-order valence-corrected chi connectivity index (χ3v) is 5.01. The van der Waals surface area contributed by atoms with E-state index in [0.29, 0.717) is 17.7 Å². The molecule has 0 radical (unpaired) electrons. The summed E-state index contributed by atoms with van der Waals surface area (Å²) < 4.78 is 87.5. The van der Waals surface area contributed by atoms with Crippen LogP contribution in [0, 0.1) is 11.6 Å². The highest BCUT2D eigenvalue weighted by Crippen LogP contribution is 2.30. The number of nitrogens with zero attached hydrogens (tertiary/aromatic N) is 4. The predicted octanol–water partition coefficient (Wildman–Crippen LogP) is 4.43. The fourth-order valence-electron chi connectivity index (χ4n) is 2.89. The van der Waals surface area contributed by atoms with Gasteiger partial charge in [0.1, 0.15) is 18.1 Å². The Balaban J connectivity index is 2.16. The largest absolute Gasteiger partial charge is 0.464 e. The summed E-state index contributed by atoms with van der Waals surface area (Å²) in [6.07, 6.45) is -7.44. The van der Waals surface area contributed by atoms with Crippen molar-refractivity contribution in [3.8, 4) is 11.7 Å². The summed E-state index contributed by atoms with van der Waals surface area (Å²) >= 11 is 5.84. The molecular weight excluding hydrogens is 508 g/mol. The molecule has 35 heavy (non-hydrogen) atoms. The molecule has 1 amide bonds. The number of amides is 1. The first-order valence-electron chi connectivity index (χ1n) is 9.83. The Morgan fingerprint density at radius 3 is 2.49 bits per heavy atom. The minimum atomic E-state index is -4.92. The highest BCUT2D eigenvalue weighted by molar-refractivity contribution is 6.34. The molecule has 0 fully saturated rings. The maximum atomic E-state index is 15.0. The van der Waals surface area contributed by atoms with Crippen molar-refractivity contribution in [2.75, 3.05) is 5.32 Å². The van der Waals surface area contributed by atoms with Crippen molar-refractivity contribution < 1.29 is 35.9 Å². The first-order valence-corrected chi connectivity index (χ1v) is 10.2. The first-order chi connectivity index (χ1) is 16.4. The van der Waals surface area contributed by atoms with Gasteiger partial charge in [-0.3, -0.25) is 9.36 Å². The molecule has 3 rings (SSSR count). The quantitative estimate of drug-likeness (QED) is 0.463. The van der Waals surface area contributed by atoms with Crippen molar-refractivity contribution in [2.24, 2.45) is 0 Å². The molecule has 0 spiro atoms. The number of nitrogens with one attached hydrogen (secondary N) is 1. The Morgan fingerprint density at radius 1 is 1.26 bits per heavy atom. The molecule has 0 bridgehead atoms. The minimum absolute atomic E-state index is 0.0436. The predicted molar refractivity (Wildman–Crippen MR) is 112 cm³/mol. The average molecular weight is 524 g/mol. The number of benzene rings is 1. The van der Waals surface area contributed by atoms with Gasteiger partial charge in [0.15, 0.2) is 23.6 Å². The number of pyridine rings is 1. The Kier molecular flexibility index (Phi) is 7.43. The summed E-state index contributed by atoms with van der Waals surface area (Å²) in [5.41, 5.74) is -2.42. The van der Waals surface area contributed by atoms with Crippen LogP contribution in [0.3, 0.4) is 0 Å². The van der Waals surface area contributed by atoms with Crippen LogP contribution in [-0.2, 0) is 13.2 Å². The lowest BCUT2D eigenvalue weighted by molar-refractivity contribution is -0.190. The van der Waals surface area contributed by atoms with Gasteiger partial charge in [-0.1, -0.05) is 17.7 Å². The van der Waals surface area contributed by atoms with Crippen molar-refractivity contribution in [3.05, 3.63) is 62.8 Å². The lowest BCUT2D eigenvalue weighted by atomic mass is 10.2. The fourth-order valence-corrected chi connectivity index (χ4v) is 3.10. The Bertz CT molecular complexity index is 1300. The third kappa shape index (κ3) is 5.26. The van der Waals surface area contributed by atoms with Crippen LogP contribution in [-0.4, -0.2) is 37.5 Å². The summed E-state index contributed by atoms with van der Waals surface area (Å²) in [4.78, 5) is 28.8.